The Bertz CT molecular complexity index is 473. The van der Waals surface area contributed by atoms with Crippen LogP contribution in [0, 0.1) is 0 Å². The van der Waals surface area contributed by atoms with Crippen LogP contribution in [0.4, 0.5) is 5.95 Å². The Morgan fingerprint density at radius 3 is 3.00 bits per heavy atom. The zero-order chi connectivity index (χ0) is 11.4. The number of nitrogens with one attached hydrogen (secondary N) is 1. The molecule has 1 heterocycles. The number of aromatic nitrogens is 2. The quantitative estimate of drug-likeness (QED) is 0.851. The molecule has 0 aliphatic carbocycles. The van der Waals surface area contributed by atoms with Crippen LogP contribution < -0.4 is 5.32 Å². The fourth-order valence-corrected chi connectivity index (χ4v) is 1.55. The smallest absolute Gasteiger partial charge is 0.223 e. The first kappa shape index (κ1) is 10.8. The number of rotatable bonds is 4. The van der Waals surface area contributed by atoms with Crippen molar-refractivity contribution in [3.05, 3.63) is 30.5 Å². The second-order valence-corrected chi connectivity index (χ2v) is 3.75. The van der Waals surface area contributed by atoms with Crippen LogP contribution in [-0.4, -0.2) is 29.7 Å². The van der Waals surface area contributed by atoms with Gasteiger partial charge in [0.25, 0.3) is 0 Å². The maximum absolute atomic E-state index is 5.05. The highest BCUT2D eigenvalue weighted by molar-refractivity contribution is 5.78. The summed E-state index contributed by atoms with van der Waals surface area (Å²) >= 11 is 0. The van der Waals surface area contributed by atoms with E-state index in [2.05, 4.69) is 15.3 Å². The molecule has 0 saturated heterocycles. The van der Waals surface area contributed by atoms with Crippen LogP contribution in [0.3, 0.4) is 0 Å². The third kappa shape index (κ3) is 2.46. The fourth-order valence-electron chi connectivity index (χ4n) is 1.55. The predicted octanol–water partition coefficient (Wildman–Crippen LogP) is 2.08. The molecule has 0 aliphatic heterocycles. The van der Waals surface area contributed by atoms with Gasteiger partial charge in [0.15, 0.2) is 0 Å². The van der Waals surface area contributed by atoms with E-state index in [1.807, 2.05) is 37.4 Å². The summed E-state index contributed by atoms with van der Waals surface area (Å²) in [5.74, 6) is 0.642. The zero-order valence-corrected chi connectivity index (χ0v) is 9.47. The average molecular weight is 217 g/mol. The summed E-state index contributed by atoms with van der Waals surface area (Å²) in [5, 5.41) is 4.24. The molecule has 1 aromatic heterocycles. The third-order valence-electron chi connectivity index (χ3n) is 2.28. The molecule has 1 N–H and O–H groups in total. The SMILES string of the molecule is COCC(C)Nc1ncc2ccccc2n1. The van der Waals surface area contributed by atoms with Crippen LogP contribution in [0.25, 0.3) is 10.9 Å². The van der Waals surface area contributed by atoms with E-state index in [1.54, 1.807) is 7.11 Å². The maximum Gasteiger partial charge on any atom is 0.223 e. The number of methoxy groups -OCH3 is 1. The maximum atomic E-state index is 5.05. The van der Waals surface area contributed by atoms with Crippen molar-refractivity contribution in [1.29, 1.82) is 0 Å². The van der Waals surface area contributed by atoms with Gasteiger partial charge in [-0.1, -0.05) is 18.2 Å². The van der Waals surface area contributed by atoms with Gasteiger partial charge in [0.2, 0.25) is 5.95 Å². The van der Waals surface area contributed by atoms with Crippen molar-refractivity contribution in [2.45, 2.75) is 13.0 Å². The van der Waals surface area contributed by atoms with Crippen molar-refractivity contribution < 1.29 is 4.74 Å². The first-order valence-electron chi connectivity index (χ1n) is 5.27. The second-order valence-electron chi connectivity index (χ2n) is 3.75. The van der Waals surface area contributed by atoms with Gasteiger partial charge >= 0.3 is 0 Å². The predicted molar refractivity (Wildman–Crippen MR) is 64.5 cm³/mol. The van der Waals surface area contributed by atoms with Gasteiger partial charge in [-0.25, -0.2) is 9.97 Å². The van der Waals surface area contributed by atoms with Gasteiger partial charge < -0.3 is 10.1 Å². The van der Waals surface area contributed by atoms with Gasteiger partial charge in [0.05, 0.1) is 12.1 Å². The normalized spacial score (nSPS) is 12.6. The molecule has 4 nitrogen and oxygen atoms in total. The fraction of sp³-hybridized carbons (Fsp3) is 0.333. The molecule has 0 radical (unpaired) electrons. The molecular formula is C12H15N3O. The van der Waals surface area contributed by atoms with Crippen LogP contribution in [-0.2, 0) is 4.74 Å². The number of benzene rings is 1. The lowest BCUT2D eigenvalue weighted by Crippen LogP contribution is -2.22. The minimum atomic E-state index is 0.200. The molecule has 0 bridgehead atoms. The van der Waals surface area contributed by atoms with Gasteiger partial charge in [-0.05, 0) is 13.0 Å². The number of anilines is 1. The first-order valence-corrected chi connectivity index (χ1v) is 5.27. The van der Waals surface area contributed by atoms with E-state index in [-0.39, 0.29) is 6.04 Å². The molecule has 0 saturated carbocycles. The monoisotopic (exact) mass is 217 g/mol. The number of nitrogens with zero attached hydrogens (tertiary/aromatic N) is 2. The van der Waals surface area contributed by atoms with Crippen LogP contribution in [0.15, 0.2) is 30.5 Å². The molecule has 2 aromatic rings. The summed E-state index contributed by atoms with van der Waals surface area (Å²) in [6, 6.07) is 8.12. The molecule has 0 amide bonds. The van der Waals surface area contributed by atoms with Crippen molar-refractivity contribution in [2.75, 3.05) is 19.0 Å². The van der Waals surface area contributed by atoms with Gasteiger partial charge in [0, 0.05) is 24.7 Å². The van der Waals surface area contributed by atoms with Gasteiger partial charge in [-0.2, -0.15) is 0 Å². The Hall–Kier alpha value is -1.68. The van der Waals surface area contributed by atoms with Gasteiger partial charge in [-0.15, -0.1) is 0 Å². The Morgan fingerprint density at radius 1 is 1.38 bits per heavy atom. The Kier molecular flexibility index (Phi) is 3.31. The Morgan fingerprint density at radius 2 is 2.19 bits per heavy atom. The van der Waals surface area contributed by atoms with E-state index in [1.165, 1.54) is 0 Å². The molecule has 0 spiro atoms. The number of hydrogen-bond donors (Lipinski definition) is 1. The number of para-hydroxylation sites is 1. The Balaban J connectivity index is 2.19. The largest absolute Gasteiger partial charge is 0.383 e. The lowest BCUT2D eigenvalue weighted by molar-refractivity contribution is 0.190. The molecule has 1 aromatic carbocycles. The molecule has 0 fully saturated rings. The van der Waals surface area contributed by atoms with E-state index < -0.39 is 0 Å². The minimum Gasteiger partial charge on any atom is -0.383 e. The average Bonchev–Trinajstić information content (AvgIpc) is 2.29. The summed E-state index contributed by atoms with van der Waals surface area (Å²) in [4.78, 5) is 8.67. The standard InChI is InChI=1S/C12H15N3O/c1-9(8-16-2)14-12-13-7-10-5-3-4-6-11(10)15-12/h3-7,9H,8H2,1-2H3,(H,13,14,15). The van der Waals surface area contributed by atoms with Crippen LogP contribution in [0.2, 0.25) is 0 Å². The molecular weight excluding hydrogens is 202 g/mol. The summed E-state index contributed by atoms with van der Waals surface area (Å²) in [5.41, 5.74) is 0.949. The topological polar surface area (TPSA) is 47.0 Å². The third-order valence-corrected chi connectivity index (χ3v) is 2.28. The van der Waals surface area contributed by atoms with Crippen molar-refractivity contribution in [3.63, 3.8) is 0 Å². The molecule has 84 valence electrons. The molecule has 16 heavy (non-hydrogen) atoms. The lowest BCUT2D eigenvalue weighted by Gasteiger charge is -2.12. The zero-order valence-electron chi connectivity index (χ0n) is 9.47. The Labute approximate surface area is 94.7 Å². The highest BCUT2D eigenvalue weighted by atomic mass is 16.5. The van der Waals surface area contributed by atoms with Crippen molar-refractivity contribution >= 4 is 16.9 Å². The van der Waals surface area contributed by atoms with Crippen molar-refractivity contribution in [3.8, 4) is 0 Å². The minimum absolute atomic E-state index is 0.200. The van der Waals surface area contributed by atoms with E-state index >= 15 is 0 Å². The summed E-state index contributed by atoms with van der Waals surface area (Å²) in [6.07, 6.45) is 1.82. The van der Waals surface area contributed by atoms with Crippen LogP contribution >= 0.6 is 0 Å². The molecule has 1 atom stereocenters. The summed E-state index contributed by atoms with van der Waals surface area (Å²) in [7, 11) is 1.68. The molecule has 2 rings (SSSR count). The van der Waals surface area contributed by atoms with Crippen molar-refractivity contribution in [2.24, 2.45) is 0 Å². The van der Waals surface area contributed by atoms with Crippen LogP contribution in [0.1, 0.15) is 6.92 Å². The van der Waals surface area contributed by atoms with E-state index in [9.17, 15) is 0 Å². The number of ether oxygens (including phenoxy) is 1. The van der Waals surface area contributed by atoms with Gasteiger partial charge in [-0.3, -0.25) is 0 Å². The number of hydrogen-bond acceptors (Lipinski definition) is 4. The second kappa shape index (κ2) is 4.90. The molecule has 0 aliphatic rings. The highest BCUT2D eigenvalue weighted by Gasteiger charge is 2.03. The molecule has 1 unspecified atom stereocenters. The van der Waals surface area contributed by atoms with Gasteiger partial charge in [0.1, 0.15) is 0 Å². The molecule has 4 heteroatoms. The van der Waals surface area contributed by atoms with Crippen molar-refractivity contribution in [1.82, 2.24) is 9.97 Å². The van der Waals surface area contributed by atoms with Crippen LogP contribution in [0.5, 0.6) is 0 Å². The summed E-state index contributed by atoms with van der Waals surface area (Å²) < 4.78 is 5.05. The van der Waals surface area contributed by atoms with E-state index in [4.69, 9.17) is 4.74 Å². The highest BCUT2D eigenvalue weighted by Crippen LogP contribution is 2.12. The van der Waals surface area contributed by atoms with E-state index in [0.717, 1.165) is 10.9 Å². The number of fused-ring (bicyclic) bond motifs is 1. The van der Waals surface area contributed by atoms with E-state index in [0.29, 0.717) is 12.6 Å². The lowest BCUT2D eigenvalue weighted by atomic mass is 10.2. The first-order chi connectivity index (χ1) is 7.79. The summed E-state index contributed by atoms with van der Waals surface area (Å²) in [6.45, 7) is 2.66.